The van der Waals surface area contributed by atoms with Gasteiger partial charge in [-0.2, -0.15) is 0 Å². The molecule has 12 nitrogen and oxygen atoms in total. The van der Waals surface area contributed by atoms with Gasteiger partial charge in [0.15, 0.2) is 6.10 Å². The molecule has 5 N–H and O–H groups in total. The maximum Gasteiger partial charge on any atom is 0.472 e. The van der Waals surface area contributed by atoms with Crippen LogP contribution in [0.1, 0.15) is 123 Å². The smallest absolute Gasteiger partial charge is 0.472 e. The highest BCUT2D eigenvalue weighted by atomic mass is 31.2. The second kappa shape index (κ2) is 39.6. The van der Waals surface area contributed by atoms with E-state index in [2.05, 4.69) is 84.4 Å². The van der Waals surface area contributed by atoms with Crippen molar-refractivity contribution in [3.8, 4) is 0 Å². The Kier molecular flexibility index (Phi) is 36.9. The SMILES string of the molecule is CC/C=C\C/C=C\C/C=C\C/C=C\CCCCCCC(=O)OC[C@H](COP(=O)(O)OC[C@H](N)C(=O)O)OC(=O)CCC/C=C\C/C=C\C/C=C\C/C=C\C=C\[C@H](O)CC. The lowest BCUT2D eigenvalue weighted by atomic mass is 10.1. The summed E-state index contributed by atoms with van der Waals surface area (Å²) in [7, 11) is -4.75. The van der Waals surface area contributed by atoms with Crippen LogP contribution in [-0.4, -0.2) is 71.1 Å². The second-order valence-electron chi connectivity index (χ2n) is 13.6. The molecule has 0 spiro atoms. The number of hydrogen-bond acceptors (Lipinski definition) is 10. The molecule has 0 heterocycles. The molecule has 59 heavy (non-hydrogen) atoms. The van der Waals surface area contributed by atoms with E-state index in [1.54, 1.807) is 6.08 Å². The summed E-state index contributed by atoms with van der Waals surface area (Å²) in [4.78, 5) is 45.9. The van der Waals surface area contributed by atoms with Gasteiger partial charge in [0.05, 0.1) is 19.3 Å². The molecule has 0 saturated heterocycles. The van der Waals surface area contributed by atoms with E-state index in [0.29, 0.717) is 25.7 Å². The number of ether oxygens (including phenoxy) is 2. The van der Waals surface area contributed by atoms with Gasteiger partial charge in [0, 0.05) is 12.8 Å². The summed E-state index contributed by atoms with van der Waals surface area (Å²) in [6.45, 7) is 2.24. The fraction of sp³-hybridized carbons (Fsp3) is 0.543. The molecular weight excluding hydrogens is 773 g/mol. The van der Waals surface area contributed by atoms with Crippen LogP contribution in [0.2, 0.25) is 0 Å². The van der Waals surface area contributed by atoms with Crippen LogP contribution in [0.4, 0.5) is 0 Å². The van der Waals surface area contributed by atoms with Gasteiger partial charge in [0.2, 0.25) is 0 Å². The molecule has 13 heteroatoms. The number of allylic oxidation sites excluding steroid dienone is 17. The van der Waals surface area contributed by atoms with Gasteiger partial charge in [-0.05, 0) is 83.5 Å². The minimum atomic E-state index is -4.75. The highest BCUT2D eigenvalue weighted by Gasteiger charge is 2.28. The number of aliphatic hydroxyl groups is 1. The number of nitrogens with two attached hydrogens (primary N) is 1. The monoisotopic (exact) mass is 845 g/mol. The normalized spacial score (nSPS) is 15.3. The van der Waals surface area contributed by atoms with E-state index in [4.69, 9.17) is 24.8 Å². The van der Waals surface area contributed by atoms with E-state index in [0.717, 1.165) is 70.6 Å². The van der Waals surface area contributed by atoms with E-state index in [1.165, 1.54) is 0 Å². The Hall–Kier alpha value is -3.90. The zero-order valence-corrected chi connectivity index (χ0v) is 36.3. The molecule has 4 atom stereocenters. The maximum atomic E-state index is 12.6. The number of esters is 2. The Morgan fingerprint density at radius 3 is 1.66 bits per heavy atom. The first-order valence-electron chi connectivity index (χ1n) is 21.0. The van der Waals surface area contributed by atoms with Crippen LogP contribution < -0.4 is 5.73 Å². The lowest BCUT2D eigenvalue weighted by Crippen LogP contribution is -2.34. The van der Waals surface area contributed by atoms with Crippen molar-refractivity contribution in [1.29, 1.82) is 0 Å². The number of carboxylic acid groups (broad SMARTS) is 1. The Bertz CT molecular complexity index is 1430. The van der Waals surface area contributed by atoms with Gasteiger partial charge >= 0.3 is 25.7 Å². The van der Waals surface area contributed by atoms with Crippen LogP contribution >= 0.6 is 7.82 Å². The maximum absolute atomic E-state index is 12.6. The summed E-state index contributed by atoms with van der Waals surface area (Å²) < 4.78 is 32.6. The summed E-state index contributed by atoms with van der Waals surface area (Å²) in [6.07, 6.45) is 48.2. The van der Waals surface area contributed by atoms with Crippen molar-refractivity contribution in [2.24, 2.45) is 5.73 Å². The number of unbranched alkanes of at least 4 members (excludes halogenated alkanes) is 5. The summed E-state index contributed by atoms with van der Waals surface area (Å²) in [5.74, 6) is -2.53. The third kappa shape index (κ3) is 39.3. The molecule has 0 rings (SSSR count). The molecule has 332 valence electrons. The van der Waals surface area contributed by atoms with Crippen molar-refractivity contribution in [3.63, 3.8) is 0 Å². The Balaban J connectivity index is 4.57. The average Bonchev–Trinajstić information content (AvgIpc) is 3.21. The lowest BCUT2D eigenvalue weighted by molar-refractivity contribution is -0.161. The molecule has 1 unspecified atom stereocenters. The van der Waals surface area contributed by atoms with Crippen LogP contribution in [0.5, 0.6) is 0 Å². The summed E-state index contributed by atoms with van der Waals surface area (Å²) in [5.41, 5.74) is 5.32. The molecule has 0 aromatic carbocycles. The summed E-state index contributed by atoms with van der Waals surface area (Å²) >= 11 is 0. The molecule has 0 bridgehead atoms. The predicted molar refractivity (Wildman–Crippen MR) is 236 cm³/mol. The molecule has 0 saturated carbocycles. The number of carbonyl (C=O) groups is 3. The van der Waals surface area contributed by atoms with Crippen LogP contribution in [0.25, 0.3) is 0 Å². The number of aliphatic carboxylic acids is 1. The van der Waals surface area contributed by atoms with Gasteiger partial charge in [0.25, 0.3) is 0 Å². The first-order valence-corrected chi connectivity index (χ1v) is 22.5. The Morgan fingerprint density at radius 2 is 1.10 bits per heavy atom. The van der Waals surface area contributed by atoms with Gasteiger partial charge in [-0.3, -0.25) is 23.4 Å². The fourth-order valence-electron chi connectivity index (χ4n) is 4.75. The molecule has 0 aliphatic heterocycles. The molecule has 0 aromatic heterocycles. The minimum Gasteiger partial charge on any atom is -0.480 e. The van der Waals surface area contributed by atoms with Crippen molar-refractivity contribution >= 4 is 25.7 Å². The van der Waals surface area contributed by atoms with Gasteiger partial charge in [-0.25, -0.2) is 4.57 Å². The summed E-state index contributed by atoms with van der Waals surface area (Å²) in [6, 6.07) is -1.55. The predicted octanol–water partition coefficient (Wildman–Crippen LogP) is 10.0. The zero-order valence-electron chi connectivity index (χ0n) is 35.4. The summed E-state index contributed by atoms with van der Waals surface area (Å²) in [5, 5.41) is 18.4. The lowest BCUT2D eigenvalue weighted by Gasteiger charge is -2.20. The fourth-order valence-corrected chi connectivity index (χ4v) is 5.52. The van der Waals surface area contributed by atoms with Gasteiger partial charge in [-0.1, -0.05) is 136 Å². The van der Waals surface area contributed by atoms with Crippen molar-refractivity contribution in [3.05, 3.63) is 109 Å². The van der Waals surface area contributed by atoms with E-state index in [-0.39, 0.29) is 12.8 Å². The van der Waals surface area contributed by atoms with Crippen LogP contribution in [0.15, 0.2) is 109 Å². The first-order chi connectivity index (χ1) is 28.5. The van der Waals surface area contributed by atoms with E-state index >= 15 is 0 Å². The van der Waals surface area contributed by atoms with E-state index in [1.807, 2.05) is 37.3 Å². The molecule has 0 radical (unpaired) electrons. The molecule has 0 fully saturated rings. The number of phosphoric ester groups is 1. The molecular formula is C46H72NO11P. The molecule has 0 aliphatic rings. The van der Waals surface area contributed by atoms with E-state index < -0.39 is 63.8 Å². The second-order valence-corrected chi connectivity index (χ2v) is 15.0. The minimum absolute atomic E-state index is 0.0561. The largest absolute Gasteiger partial charge is 0.480 e. The first kappa shape index (κ1) is 55.1. The number of hydrogen-bond donors (Lipinski definition) is 4. The average molecular weight is 846 g/mol. The quantitative estimate of drug-likeness (QED) is 0.0152. The number of rotatable bonds is 37. The third-order valence-electron chi connectivity index (χ3n) is 8.17. The topological polar surface area (TPSA) is 192 Å². The van der Waals surface area contributed by atoms with Gasteiger partial charge < -0.3 is 30.3 Å². The van der Waals surface area contributed by atoms with Gasteiger partial charge in [-0.15, -0.1) is 0 Å². The van der Waals surface area contributed by atoms with Crippen LogP contribution in [0.3, 0.4) is 0 Å². The van der Waals surface area contributed by atoms with Crippen molar-refractivity contribution in [1.82, 2.24) is 0 Å². The number of phosphoric acid groups is 1. The molecule has 0 aromatic rings. The molecule has 0 aliphatic carbocycles. The third-order valence-corrected chi connectivity index (χ3v) is 9.12. The standard InChI is InChI=1S/C46H72NO11P/c1-3-5-6-7-8-9-10-11-12-13-14-18-21-24-27-30-33-36-44(49)55-38-42(39-56-59(53,54)57-40-43(47)46(51)52)58-45(50)37-34-31-28-25-22-19-16-15-17-20-23-26-29-32-35-41(48)4-2/h5-6,8-9,11-12,14,16-20,25-26,28-29,32,35,41-43,48H,3-4,7,10,13,15,21-24,27,30-31,33-34,36-40,47H2,1-2H3,(H,51,52)(H,53,54)/b6-5-,9-8-,12-11-,18-14-,19-16-,20-17-,28-25-,29-26-,35-32+/t41-,42-,43+/m1/s1. The van der Waals surface area contributed by atoms with Crippen LogP contribution in [0, 0.1) is 0 Å². The Morgan fingerprint density at radius 1 is 0.610 bits per heavy atom. The number of carbonyl (C=O) groups excluding carboxylic acids is 2. The van der Waals surface area contributed by atoms with E-state index in [9.17, 15) is 28.9 Å². The highest BCUT2D eigenvalue weighted by Crippen LogP contribution is 2.43. The Labute approximate surface area is 353 Å². The van der Waals surface area contributed by atoms with Crippen LogP contribution in [-0.2, 0) is 37.5 Å². The molecule has 0 amide bonds. The van der Waals surface area contributed by atoms with Gasteiger partial charge in [0.1, 0.15) is 12.6 Å². The van der Waals surface area contributed by atoms with Crippen molar-refractivity contribution in [2.45, 2.75) is 141 Å². The zero-order chi connectivity index (χ0) is 43.7. The number of carboxylic acids is 1. The highest BCUT2D eigenvalue weighted by molar-refractivity contribution is 7.47. The van der Waals surface area contributed by atoms with Crippen molar-refractivity contribution < 1.29 is 52.6 Å². The van der Waals surface area contributed by atoms with Crippen molar-refractivity contribution in [2.75, 3.05) is 19.8 Å². The number of aliphatic hydroxyl groups excluding tert-OH is 1.